The van der Waals surface area contributed by atoms with Crippen LogP contribution in [0.2, 0.25) is 10.4 Å². The molecular weight excluding hydrogens is 337 g/mol. The molecule has 1 N–H and O–H groups in total. The molecule has 2 aromatic rings. The van der Waals surface area contributed by atoms with E-state index >= 15 is 0 Å². The summed E-state index contributed by atoms with van der Waals surface area (Å²) in [6.45, 7) is 0. The van der Waals surface area contributed by atoms with Crippen molar-refractivity contribution in [3.63, 3.8) is 0 Å². The first-order valence-corrected chi connectivity index (χ1v) is 8.21. The molecule has 0 radical (unpaired) electrons. The van der Waals surface area contributed by atoms with Crippen LogP contribution in [0.25, 0.3) is 0 Å². The highest BCUT2D eigenvalue weighted by atomic mass is 35.5. The summed E-state index contributed by atoms with van der Waals surface area (Å²) in [4.78, 5) is 19.5. The molecular formula is C12H9Cl2N3O3S. The first kappa shape index (κ1) is 15.7. The molecule has 2 rings (SSSR count). The monoisotopic (exact) mass is 345 g/mol. The van der Waals surface area contributed by atoms with Gasteiger partial charge in [0.2, 0.25) is 5.28 Å². The Hall–Kier alpha value is -1.70. The first-order valence-electron chi connectivity index (χ1n) is 5.57. The van der Waals surface area contributed by atoms with Crippen LogP contribution in [0.1, 0.15) is 10.4 Å². The molecule has 110 valence electrons. The lowest BCUT2D eigenvalue weighted by molar-refractivity contribution is 0.102. The highest BCUT2D eigenvalue weighted by Gasteiger charge is 2.12. The number of carbonyl (C=O) groups is 1. The van der Waals surface area contributed by atoms with Gasteiger partial charge < -0.3 is 5.32 Å². The molecule has 0 saturated heterocycles. The molecule has 0 spiro atoms. The molecule has 1 amide bonds. The number of amides is 1. The zero-order valence-corrected chi connectivity index (χ0v) is 13.0. The number of sulfone groups is 1. The minimum atomic E-state index is -3.30. The number of nitrogens with one attached hydrogen (secondary N) is 1. The van der Waals surface area contributed by atoms with Crippen LogP contribution in [0.5, 0.6) is 0 Å². The van der Waals surface area contributed by atoms with Crippen LogP contribution in [0.3, 0.4) is 0 Å². The predicted molar refractivity (Wildman–Crippen MR) is 79.6 cm³/mol. The summed E-state index contributed by atoms with van der Waals surface area (Å²) >= 11 is 11.4. The van der Waals surface area contributed by atoms with Crippen LogP contribution in [-0.2, 0) is 9.84 Å². The third-order valence-corrected chi connectivity index (χ3v) is 4.10. The van der Waals surface area contributed by atoms with E-state index in [0.29, 0.717) is 0 Å². The summed E-state index contributed by atoms with van der Waals surface area (Å²) in [5, 5.41) is 2.49. The maximum Gasteiger partial charge on any atom is 0.255 e. The molecule has 0 fully saturated rings. The highest BCUT2D eigenvalue weighted by molar-refractivity contribution is 7.90. The van der Waals surface area contributed by atoms with Gasteiger partial charge in [-0.05, 0) is 35.9 Å². The molecule has 0 bridgehead atoms. The molecule has 0 unspecified atom stereocenters. The Balaban J connectivity index is 2.21. The van der Waals surface area contributed by atoms with E-state index in [1.54, 1.807) is 0 Å². The van der Waals surface area contributed by atoms with Crippen LogP contribution < -0.4 is 5.32 Å². The third kappa shape index (κ3) is 3.90. The van der Waals surface area contributed by atoms with Crippen molar-refractivity contribution >= 4 is 44.6 Å². The summed E-state index contributed by atoms with van der Waals surface area (Å²) in [6, 6.07) is 5.50. The molecule has 1 aromatic heterocycles. The van der Waals surface area contributed by atoms with E-state index < -0.39 is 15.7 Å². The van der Waals surface area contributed by atoms with E-state index in [4.69, 9.17) is 23.2 Å². The quantitative estimate of drug-likeness (QED) is 0.681. The molecule has 0 aliphatic carbocycles. The van der Waals surface area contributed by atoms with E-state index in [1.807, 2.05) is 0 Å². The van der Waals surface area contributed by atoms with Crippen molar-refractivity contribution in [3.8, 4) is 0 Å². The van der Waals surface area contributed by atoms with Gasteiger partial charge in [-0.15, -0.1) is 0 Å². The average Bonchev–Trinajstić information content (AvgIpc) is 2.41. The maximum atomic E-state index is 12.0. The van der Waals surface area contributed by atoms with Gasteiger partial charge >= 0.3 is 0 Å². The lowest BCUT2D eigenvalue weighted by Crippen LogP contribution is -2.13. The van der Waals surface area contributed by atoms with Crippen LogP contribution in [0.4, 0.5) is 5.69 Å². The SMILES string of the molecule is CS(=O)(=O)c1ccc(C(=O)Nc2cnc(Cl)nc2Cl)cc1. The van der Waals surface area contributed by atoms with Crippen molar-refractivity contribution in [2.75, 3.05) is 11.6 Å². The number of hydrogen-bond donors (Lipinski definition) is 1. The van der Waals surface area contributed by atoms with Crippen molar-refractivity contribution < 1.29 is 13.2 Å². The van der Waals surface area contributed by atoms with E-state index in [2.05, 4.69) is 15.3 Å². The minimum Gasteiger partial charge on any atom is -0.318 e. The Labute approximate surface area is 131 Å². The number of nitrogens with zero attached hydrogens (tertiary/aromatic N) is 2. The topological polar surface area (TPSA) is 89.0 Å². The largest absolute Gasteiger partial charge is 0.318 e. The summed E-state index contributed by atoms with van der Waals surface area (Å²) in [5.74, 6) is -0.470. The fraction of sp³-hybridized carbons (Fsp3) is 0.0833. The van der Waals surface area contributed by atoms with E-state index in [-0.39, 0.29) is 26.6 Å². The van der Waals surface area contributed by atoms with Crippen molar-refractivity contribution in [1.29, 1.82) is 0 Å². The summed E-state index contributed by atoms with van der Waals surface area (Å²) in [5.41, 5.74) is 0.478. The summed E-state index contributed by atoms with van der Waals surface area (Å²) in [7, 11) is -3.30. The Morgan fingerprint density at radius 2 is 1.81 bits per heavy atom. The Bertz CT molecular complexity index is 792. The second-order valence-electron chi connectivity index (χ2n) is 4.09. The number of aromatic nitrogens is 2. The molecule has 21 heavy (non-hydrogen) atoms. The second-order valence-corrected chi connectivity index (χ2v) is 6.81. The number of halogens is 2. The Kier molecular flexibility index (Phi) is 4.46. The Morgan fingerprint density at radius 1 is 1.19 bits per heavy atom. The zero-order valence-electron chi connectivity index (χ0n) is 10.7. The van der Waals surface area contributed by atoms with Crippen LogP contribution >= 0.6 is 23.2 Å². The smallest absolute Gasteiger partial charge is 0.255 e. The maximum absolute atomic E-state index is 12.0. The zero-order chi connectivity index (χ0) is 15.6. The van der Waals surface area contributed by atoms with Gasteiger partial charge in [0, 0.05) is 11.8 Å². The number of anilines is 1. The van der Waals surface area contributed by atoms with Crippen molar-refractivity contribution in [2.24, 2.45) is 0 Å². The number of hydrogen-bond acceptors (Lipinski definition) is 5. The standard InChI is InChI=1S/C12H9Cl2N3O3S/c1-21(19,20)8-4-2-7(3-5-8)11(18)16-9-6-15-12(14)17-10(9)13/h2-6H,1H3,(H,16,18). The van der Waals surface area contributed by atoms with Gasteiger partial charge in [-0.3, -0.25) is 4.79 Å². The Morgan fingerprint density at radius 3 is 2.33 bits per heavy atom. The second kappa shape index (κ2) is 5.97. The molecule has 0 saturated carbocycles. The molecule has 1 heterocycles. The lowest BCUT2D eigenvalue weighted by Gasteiger charge is -2.06. The first-order chi connectivity index (χ1) is 9.77. The van der Waals surface area contributed by atoms with E-state index in [0.717, 1.165) is 6.26 Å². The van der Waals surface area contributed by atoms with Gasteiger partial charge in [0.1, 0.15) is 0 Å². The van der Waals surface area contributed by atoms with Crippen molar-refractivity contribution in [1.82, 2.24) is 9.97 Å². The van der Waals surface area contributed by atoms with Crippen LogP contribution in [0.15, 0.2) is 35.4 Å². The van der Waals surface area contributed by atoms with Gasteiger partial charge in [-0.1, -0.05) is 11.6 Å². The van der Waals surface area contributed by atoms with Crippen molar-refractivity contribution in [3.05, 3.63) is 46.5 Å². The third-order valence-electron chi connectivity index (χ3n) is 2.51. The van der Waals surface area contributed by atoms with Gasteiger partial charge in [0.15, 0.2) is 15.0 Å². The number of carbonyl (C=O) groups excluding carboxylic acids is 1. The molecule has 6 nitrogen and oxygen atoms in total. The molecule has 9 heteroatoms. The fourth-order valence-corrected chi connectivity index (χ4v) is 2.46. The summed E-state index contributed by atoms with van der Waals surface area (Å²) in [6.07, 6.45) is 2.37. The highest BCUT2D eigenvalue weighted by Crippen LogP contribution is 2.20. The van der Waals surface area contributed by atoms with E-state index in [1.165, 1.54) is 30.5 Å². The van der Waals surface area contributed by atoms with Gasteiger partial charge in [-0.25, -0.2) is 18.4 Å². The van der Waals surface area contributed by atoms with Gasteiger partial charge in [0.25, 0.3) is 5.91 Å². The van der Waals surface area contributed by atoms with Crippen LogP contribution in [0, 0.1) is 0 Å². The number of benzene rings is 1. The lowest BCUT2D eigenvalue weighted by atomic mass is 10.2. The molecule has 1 aromatic carbocycles. The van der Waals surface area contributed by atoms with Gasteiger partial charge in [-0.2, -0.15) is 0 Å². The fourth-order valence-electron chi connectivity index (χ4n) is 1.47. The molecule has 0 aliphatic rings. The normalized spacial score (nSPS) is 11.2. The predicted octanol–water partition coefficient (Wildman–Crippen LogP) is 2.44. The molecule has 0 atom stereocenters. The number of rotatable bonds is 3. The minimum absolute atomic E-state index is 0.0103. The van der Waals surface area contributed by atoms with Crippen molar-refractivity contribution in [2.45, 2.75) is 4.90 Å². The molecule has 0 aliphatic heterocycles. The summed E-state index contributed by atoms with van der Waals surface area (Å²) < 4.78 is 22.7. The van der Waals surface area contributed by atoms with E-state index in [9.17, 15) is 13.2 Å². The average molecular weight is 346 g/mol. The van der Waals surface area contributed by atoms with Gasteiger partial charge in [0.05, 0.1) is 16.8 Å². The van der Waals surface area contributed by atoms with Crippen LogP contribution in [-0.4, -0.2) is 30.5 Å².